The maximum Gasteiger partial charge on any atom is 0.510 e. The topological polar surface area (TPSA) is 44.8 Å². The van der Waals surface area contributed by atoms with Gasteiger partial charge in [-0.1, -0.05) is 26.7 Å². The van der Waals surface area contributed by atoms with Crippen molar-refractivity contribution in [1.82, 2.24) is 0 Å². The van der Waals surface area contributed by atoms with Crippen LogP contribution in [0.2, 0.25) is 0 Å². The molecule has 4 heteroatoms. The van der Waals surface area contributed by atoms with Gasteiger partial charge in [-0.25, -0.2) is 4.79 Å². The van der Waals surface area contributed by atoms with E-state index in [2.05, 4.69) is 13.8 Å². The van der Waals surface area contributed by atoms with Crippen LogP contribution in [0.5, 0.6) is 0 Å². The molecule has 1 saturated heterocycles. The molecular weight excluding hydrogens is 220 g/mol. The minimum absolute atomic E-state index is 0.243. The zero-order valence-electron chi connectivity index (χ0n) is 11.3. The third-order valence-corrected chi connectivity index (χ3v) is 3.02. The average Bonchev–Trinajstić information content (AvgIpc) is 2.39. The first-order chi connectivity index (χ1) is 7.98. The lowest BCUT2D eigenvalue weighted by molar-refractivity contribution is -0.184. The van der Waals surface area contributed by atoms with Gasteiger partial charge in [0.2, 0.25) is 6.29 Å². The van der Waals surface area contributed by atoms with Crippen LogP contribution in [-0.2, 0) is 14.2 Å². The predicted molar refractivity (Wildman–Crippen MR) is 64.7 cm³/mol. The van der Waals surface area contributed by atoms with E-state index >= 15 is 0 Å². The molecule has 0 saturated carbocycles. The second kappa shape index (κ2) is 6.24. The van der Waals surface area contributed by atoms with Crippen molar-refractivity contribution in [1.29, 1.82) is 0 Å². The second-order valence-corrected chi connectivity index (χ2v) is 5.21. The lowest BCUT2D eigenvalue weighted by atomic mass is 9.98. The van der Waals surface area contributed by atoms with Crippen molar-refractivity contribution < 1.29 is 19.0 Å². The highest BCUT2D eigenvalue weighted by atomic mass is 16.8. The van der Waals surface area contributed by atoms with Crippen molar-refractivity contribution in [2.24, 2.45) is 5.92 Å². The van der Waals surface area contributed by atoms with Gasteiger partial charge in [0.25, 0.3) is 0 Å². The number of carbonyl (C=O) groups is 1. The summed E-state index contributed by atoms with van der Waals surface area (Å²) in [5.74, 6) is 0.250. The normalized spacial score (nSPS) is 25.6. The summed E-state index contributed by atoms with van der Waals surface area (Å²) in [5.41, 5.74) is -0.476. The Bertz CT molecular complexity index is 250. The maximum absolute atomic E-state index is 11.4. The fraction of sp³-hybridized carbons (Fsp3) is 0.923. The van der Waals surface area contributed by atoms with Crippen LogP contribution in [0, 0.1) is 5.92 Å². The van der Waals surface area contributed by atoms with Gasteiger partial charge in [-0.3, -0.25) is 0 Å². The van der Waals surface area contributed by atoms with Gasteiger partial charge in [0, 0.05) is 5.92 Å². The van der Waals surface area contributed by atoms with Crippen LogP contribution in [0.15, 0.2) is 0 Å². The molecule has 2 unspecified atom stereocenters. The smallest absolute Gasteiger partial charge is 0.431 e. The SMILES string of the molecule is CCCCC(CC)C1OC(=O)OCC(C)(C)O1. The molecule has 0 aromatic carbocycles. The van der Waals surface area contributed by atoms with Gasteiger partial charge < -0.3 is 14.2 Å². The van der Waals surface area contributed by atoms with Crippen LogP contribution in [0.3, 0.4) is 0 Å². The van der Waals surface area contributed by atoms with Crippen LogP contribution in [0.25, 0.3) is 0 Å². The molecule has 1 aliphatic rings. The van der Waals surface area contributed by atoms with Gasteiger partial charge in [-0.05, 0) is 26.7 Å². The molecule has 100 valence electrons. The summed E-state index contributed by atoms with van der Waals surface area (Å²) in [4.78, 5) is 11.4. The first-order valence-electron chi connectivity index (χ1n) is 6.49. The summed E-state index contributed by atoms with van der Waals surface area (Å²) < 4.78 is 16.0. The third kappa shape index (κ3) is 4.54. The zero-order chi connectivity index (χ0) is 12.9. The number of hydrogen-bond acceptors (Lipinski definition) is 4. The van der Waals surface area contributed by atoms with E-state index in [4.69, 9.17) is 14.2 Å². The van der Waals surface area contributed by atoms with E-state index in [0.29, 0.717) is 0 Å². The molecule has 0 bridgehead atoms. The molecule has 1 aliphatic heterocycles. The molecular formula is C13H24O4. The number of carbonyl (C=O) groups excluding carboxylic acids is 1. The van der Waals surface area contributed by atoms with Crippen LogP contribution in [0.1, 0.15) is 53.4 Å². The molecule has 0 N–H and O–H groups in total. The summed E-state index contributed by atoms with van der Waals surface area (Å²) in [5, 5.41) is 0. The van der Waals surface area contributed by atoms with Gasteiger partial charge in [0.15, 0.2) is 0 Å². The largest absolute Gasteiger partial charge is 0.510 e. The predicted octanol–water partition coefficient (Wildman–Crippen LogP) is 3.49. The van der Waals surface area contributed by atoms with Gasteiger partial charge in [-0.2, -0.15) is 0 Å². The number of ether oxygens (including phenoxy) is 3. The van der Waals surface area contributed by atoms with E-state index in [1.54, 1.807) is 0 Å². The average molecular weight is 244 g/mol. The van der Waals surface area contributed by atoms with Crippen LogP contribution in [0.4, 0.5) is 4.79 Å². The standard InChI is InChI=1S/C13H24O4/c1-5-7-8-10(6-2)11-16-12(14)15-9-13(3,4)17-11/h10-11H,5-9H2,1-4H3. The number of cyclic esters (lactones) is 2. The first kappa shape index (κ1) is 14.3. The highest BCUT2D eigenvalue weighted by molar-refractivity contribution is 5.60. The summed E-state index contributed by atoms with van der Waals surface area (Å²) in [6.45, 7) is 8.31. The second-order valence-electron chi connectivity index (χ2n) is 5.21. The summed E-state index contributed by atoms with van der Waals surface area (Å²) in [6.07, 6.45) is 3.12. The van der Waals surface area contributed by atoms with Crippen molar-refractivity contribution in [3.8, 4) is 0 Å². The number of unbranched alkanes of at least 4 members (excludes halogenated alkanes) is 1. The Kier molecular flexibility index (Phi) is 5.25. The molecule has 1 fully saturated rings. The molecule has 1 rings (SSSR count). The molecule has 0 aromatic rings. The van der Waals surface area contributed by atoms with Gasteiger partial charge >= 0.3 is 6.16 Å². The van der Waals surface area contributed by atoms with E-state index in [9.17, 15) is 4.79 Å². The molecule has 0 spiro atoms. The Hall–Kier alpha value is -0.770. The fourth-order valence-corrected chi connectivity index (χ4v) is 1.93. The molecule has 17 heavy (non-hydrogen) atoms. The Morgan fingerprint density at radius 1 is 1.41 bits per heavy atom. The molecule has 1 heterocycles. The van der Waals surface area contributed by atoms with Crippen molar-refractivity contribution >= 4 is 6.16 Å². The van der Waals surface area contributed by atoms with Crippen molar-refractivity contribution in [2.45, 2.75) is 65.3 Å². The van der Waals surface area contributed by atoms with Crippen molar-refractivity contribution in [3.05, 3.63) is 0 Å². The minimum atomic E-state index is -0.615. The number of rotatable bonds is 5. The van der Waals surface area contributed by atoms with Gasteiger partial charge in [0.1, 0.15) is 12.2 Å². The molecule has 2 atom stereocenters. The Morgan fingerprint density at radius 3 is 2.71 bits per heavy atom. The molecule has 4 nitrogen and oxygen atoms in total. The molecule has 0 aromatic heterocycles. The molecule has 0 amide bonds. The quantitative estimate of drug-likeness (QED) is 0.694. The Morgan fingerprint density at radius 2 is 2.12 bits per heavy atom. The van der Waals surface area contributed by atoms with E-state index in [0.717, 1.165) is 25.7 Å². The summed E-state index contributed by atoms with van der Waals surface area (Å²) in [6, 6.07) is 0. The lowest BCUT2D eigenvalue weighted by Crippen LogP contribution is -2.36. The Balaban J connectivity index is 2.66. The van der Waals surface area contributed by atoms with Crippen molar-refractivity contribution in [2.75, 3.05) is 6.61 Å². The van der Waals surface area contributed by atoms with Crippen LogP contribution < -0.4 is 0 Å². The fourth-order valence-electron chi connectivity index (χ4n) is 1.93. The maximum atomic E-state index is 11.4. The summed E-state index contributed by atoms with van der Waals surface area (Å²) >= 11 is 0. The highest BCUT2D eigenvalue weighted by Crippen LogP contribution is 2.27. The van der Waals surface area contributed by atoms with E-state index in [1.807, 2.05) is 13.8 Å². The van der Waals surface area contributed by atoms with Crippen molar-refractivity contribution in [3.63, 3.8) is 0 Å². The van der Waals surface area contributed by atoms with Crippen LogP contribution >= 0.6 is 0 Å². The Labute approximate surface area is 104 Å². The van der Waals surface area contributed by atoms with Gasteiger partial charge in [-0.15, -0.1) is 0 Å². The summed E-state index contributed by atoms with van der Waals surface area (Å²) in [7, 11) is 0. The van der Waals surface area contributed by atoms with E-state index in [1.165, 1.54) is 0 Å². The zero-order valence-corrected chi connectivity index (χ0v) is 11.3. The molecule has 0 aliphatic carbocycles. The number of hydrogen-bond donors (Lipinski definition) is 0. The highest BCUT2D eigenvalue weighted by Gasteiger charge is 2.36. The first-order valence-corrected chi connectivity index (χ1v) is 6.49. The lowest BCUT2D eigenvalue weighted by Gasteiger charge is -2.29. The molecule has 0 radical (unpaired) electrons. The minimum Gasteiger partial charge on any atom is -0.431 e. The van der Waals surface area contributed by atoms with Crippen LogP contribution in [-0.4, -0.2) is 24.7 Å². The third-order valence-electron chi connectivity index (χ3n) is 3.02. The van der Waals surface area contributed by atoms with E-state index < -0.39 is 18.0 Å². The monoisotopic (exact) mass is 244 g/mol. The van der Waals surface area contributed by atoms with E-state index in [-0.39, 0.29) is 12.5 Å². The van der Waals surface area contributed by atoms with Gasteiger partial charge in [0.05, 0.1) is 0 Å².